The summed E-state index contributed by atoms with van der Waals surface area (Å²) in [7, 11) is -2.43. The molecular formula is C21H25ClN2O4S. The molecule has 1 fully saturated rings. The highest BCUT2D eigenvalue weighted by Gasteiger charge is 2.24. The minimum absolute atomic E-state index is 0.00632. The smallest absolute Gasteiger partial charge is 0.261 e. The Hall–Kier alpha value is -2.25. The zero-order valence-corrected chi connectivity index (χ0v) is 18.1. The highest BCUT2D eigenvalue weighted by Crippen LogP contribution is 2.27. The number of carbonyl (C=O) groups excluding carboxylic acids is 1. The van der Waals surface area contributed by atoms with Gasteiger partial charge in [-0.25, -0.2) is 8.42 Å². The average molecular weight is 437 g/mol. The van der Waals surface area contributed by atoms with E-state index in [0.29, 0.717) is 29.5 Å². The number of likely N-dealkylation sites (tertiary alicyclic amines) is 1. The maximum absolute atomic E-state index is 13.1. The number of ether oxygens (including phenoxy) is 1. The van der Waals surface area contributed by atoms with Crippen molar-refractivity contribution in [2.75, 3.05) is 24.9 Å². The predicted molar refractivity (Wildman–Crippen MR) is 114 cm³/mol. The van der Waals surface area contributed by atoms with Crippen LogP contribution in [0.3, 0.4) is 0 Å². The first-order valence-electron chi connectivity index (χ1n) is 9.58. The molecule has 29 heavy (non-hydrogen) atoms. The van der Waals surface area contributed by atoms with E-state index in [1.807, 2.05) is 6.92 Å². The number of anilines is 1. The number of halogens is 1. The van der Waals surface area contributed by atoms with Crippen LogP contribution >= 0.6 is 11.6 Å². The summed E-state index contributed by atoms with van der Waals surface area (Å²) in [4.78, 5) is 14.8. The average Bonchev–Trinajstić information content (AvgIpc) is 2.99. The van der Waals surface area contributed by atoms with Crippen LogP contribution in [0, 0.1) is 6.92 Å². The highest BCUT2D eigenvalue weighted by molar-refractivity contribution is 7.92. The van der Waals surface area contributed by atoms with Crippen molar-refractivity contribution in [3.63, 3.8) is 0 Å². The number of carbonyl (C=O) groups is 1. The summed E-state index contributed by atoms with van der Waals surface area (Å²) in [6.07, 6.45) is 4.08. The molecule has 6 nitrogen and oxygen atoms in total. The lowest BCUT2D eigenvalue weighted by molar-refractivity contribution is 0.0758. The molecule has 2 aromatic rings. The first-order chi connectivity index (χ1) is 13.8. The predicted octanol–water partition coefficient (Wildman–Crippen LogP) is 4.47. The van der Waals surface area contributed by atoms with Gasteiger partial charge in [-0.2, -0.15) is 0 Å². The van der Waals surface area contributed by atoms with Crippen molar-refractivity contribution in [1.82, 2.24) is 4.90 Å². The normalized spacial score (nSPS) is 14.9. The molecule has 0 spiro atoms. The van der Waals surface area contributed by atoms with Gasteiger partial charge in [0, 0.05) is 18.1 Å². The molecule has 1 aliphatic heterocycles. The van der Waals surface area contributed by atoms with Crippen LogP contribution in [0.15, 0.2) is 41.3 Å². The molecule has 8 heteroatoms. The van der Waals surface area contributed by atoms with E-state index >= 15 is 0 Å². The molecule has 0 unspecified atom stereocenters. The minimum atomic E-state index is -3.90. The van der Waals surface area contributed by atoms with Crippen molar-refractivity contribution in [3.8, 4) is 5.75 Å². The molecule has 1 aliphatic rings. The molecule has 3 rings (SSSR count). The van der Waals surface area contributed by atoms with Gasteiger partial charge in [0.05, 0.1) is 23.3 Å². The second-order valence-corrected chi connectivity index (χ2v) is 9.23. The minimum Gasteiger partial charge on any atom is -0.496 e. The largest absolute Gasteiger partial charge is 0.496 e. The van der Waals surface area contributed by atoms with Crippen molar-refractivity contribution in [1.29, 1.82) is 0 Å². The van der Waals surface area contributed by atoms with Crippen LogP contribution in [0.4, 0.5) is 5.69 Å². The van der Waals surface area contributed by atoms with Crippen molar-refractivity contribution in [3.05, 3.63) is 52.5 Å². The highest BCUT2D eigenvalue weighted by atomic mass is 35.5. The van der Waals surface area contributed by atoms with Crippen molar-refractivity contribution in [2.45, 2.75) is 37.5 Å². The number of hydrogen-bond acceptors (Lipinski definition) is 4. The first kappa shape index (κ1) is 21.5. The van der Waals surface area contributed by atoms with Gasteiger partial charge in [-0.05, 0) is 55.7 Å². The quantitative estimate of drug-likeness (QED) is 0.750. The lowest BCUT2D eigenvalue weighted by Crippen LogP contribution is -2.32. The summed E-state index contributed by atoms with van der Waals surface area (Å²) < 4.78 is 33.6. The fourth-order valence-electron chi connectivity index (χ4n) is 3.34. The van der Waals surface area contributed by atoms with E-state index in [2.05, 4.69) is 4.72 Å². The topological polar surface area (TPSA) is 75.7 Å². The Morgan fingerprint density at radius 1 is 1.07 bits per heavy atom. The molecule has 1 heterocycles. The summed E-state index contributed by atoms with van der Waals surface area (Å²) in [6, 6.07) is 9.26. The third kappa shape index (κ3) is 5.03. The monoisotopic (exact) mass is 436 g/mol. The number of nitrogens with one attached hydrogen (secondary N) is 1. The van der Waals surface area contributed by atoms with E-state index in [9.17, 15) is 13.2 Å². The van der Waals surface area contributed by atoms with Gasteiger partial charge in [0.25, 0.3) is 15.9 Å². The molecule has 0 radical (unpaired) electrons. The summed E-state index contributed by atoms with van der Waals surface area (Å²) in [6.45, 7) is 3.17. The second-order valence-electron chi connectivity index (χ2n) is 7.14. The Morgan fingerprint density at radius 3 is 2.38 bits per heavy atom. The Morgan fingerprint density at radius 2 is 1.76 bits per heavy atom. The van der Waals surface area contributed by atoms with Crippen LogP contribution in [0.5, 0.6) is 5.75 Å². The third-order valence-corrected chi connectivity index (χ3v) is 6.82. The molecule has 1 saturated heterocycles. The molecule has 0 saturated carbocycles. The van der Waals surface area contributed by atoms with Crippen LogP contribution in [-0.2, 0) is 10.0 Å². The number of amides is 1. The summed E-state index contributed by atoms with van der Waals surface area (Å²) in [5.74, 6) is 0.149. The number of sulfonamides is 1. The molecule has 0 bridgehead atoms. The van der Waals surface area contributed by atoms with Gasteiger partial charge >= 0.3 is 0 Å². The molecule has 1 amide bonds. The fourth-order valence-corrected chi connectivity index (χ4v) is 4.59. The number of methoxy groups -OCH3 is 1. The molecule has 156 valence electrons. The van der Waals surface area contributed by atoms with E-state index in [0.717, 1.165) is 31.2 Å². The van der Waals surface area contributed by atoms with E-state index in [1.54, 1.807) is 23.1 Å². The Bertz CT molecular complexity index is 1000. The summed E-state index contributed by atoms with van der Waals surface area (Å²) >= 11 is 6.09. The Labute approximate surface area is 176 Å². The number of rotatable bonds is 5. The molecule has 2 aromatic carbocycles. The van der Waals surface area contributed by atoms with Crippen molar-refractivity contribution in [2.24, 2.45) is 0 Å². The second kappa shape index (κ2) is 9.05. The van der Waals surface area contributed by atoms with Crippen LogP contribution in [0.25, 0.3) is 0 Å². The van der Waals surface area contributed by atoms with Gasteiger partial charge in [-0.3, -0.25) is 9.52 Å². The van der Waals surface area contributed by atoms with Gasteiger partial charge in [0.2, 0.25) is 0 Å². The van der Waals surface area contributed by atoms with Crippen molar-refractivity contribution >= 4 is 33.2 Å². The number of hydrogen-bond donors (Lipinski definition) is 1. The van der Waals surface area contributed by atoms with Gasteiger partial charge < -0.3 is 9.64 Å². The van der Waals surface area contributed by atoms with Crippen LogP contribution in [-0.4, -0.2) is 39.4 Å². The number of benzene rings is 2. The third-order valence-electron chi connectivity index (χ3n) is 5.03. The van der Waals surface area contributed by atoms with Gasteiger partial charge in [-0.1, -0.05) is 30.5 Å². The maximum atomic E-state index is 13.1. The van der Waals surface area contributed by atoms with E-state index in [1.165, 1.54) is 25.3 Å². The SMILES string of the molecule is COc1ccc(S(=O)(=O)Nc2ccc(C)c(Cl)c2)cc1C(=O)N1CCCCCC1. The van der Waals surface area contributed by atoms with Gasteiger partial charge in [0.1, 0.15) is 5.75 Å². The molecule has 1 N–H and O–H groups in total. The van der Waals surface area contributed by atoms with Crippen LogP contribution in [0.2, 0.25) is 5.02 Å². The number of aryl methyl sites for hydroxylation is 1. The van der Waals surface area contributed by atoms with E-state index < -0.39 is 10.0 Å². The lowest BCUT2D eigenvalue weighted by atomic mass is 10.1. The van der Waals surface area contributed by atoms with Gasteiger partial charge in [0.15, 0.2) is 0 Å². The van der Waals surface area contributed by atoms with Gasteiger partial charge in [-0.15, -0.1) is 0 Å². The first-order valence-corrected chi connectivity index (χ1v) is 11.4. The fraction of sp³-hybridized carbons (Fsp3) is 0.381. The lowest BCUT2D eigenvalue weighted by Gasteiger charge is -2.22. The molecule has 0 aromatic heterocycles. The Kier molecular flexibility index (Phi) is 6.70. The van der Waals surface area contributed by atoms with E-state index in [-0.39, 0.29) is 16.4 Å². The summed E-state index contributed by atoms with van der Waals surface area (Å²) in [5.41, 5.74) is 1.46. The summed E-state index contributed by atoms with van der Waals surface area (Å²) in [5, 5.41) is 0.469. The molecule has 0 atom stereocenters. The standard InChI is InChI=1S/C21H25ClN2O4S/c1-15-7-8-16(13-19(15)22)23-29(26,27)17-9-10-20(28-2)18(14-17)21(25)24-11-5-3-4-6-12-24/h7-10,13-14,23H,3-6,11-12H2,1-2H3. The maximum Gasteiger partial charge on any atom is 0.261 e. The van der Waals surface area contributed by atoms with E-state index in [4.69, 9.17) is 16.3 Å². The molecular weight excluding hydrogens is 412 g/mol. The molecule has 0 aliphatic carbocycles. The zero-order valence-electron chi connectivity index (χ0n) is 16.6. The van der Waals surface area contributed by atoms with Crippen LogP contribution in [0.1, 0.15) is 41.6 Å². The van der Waals surface area contributed by atoms with Crippen LogP contribution < -0.4 is 9.46 Å². The Balaban J connectivity index is 1.92. The number of nitrogens with zero attached hydrogens (tertiary/aromatic N) is 1. The zero-order chi connectivity index (χ0) is 21.0. The van der Waals surface area contributed by atoms with Crippen molar-refractivity contribution < 1.29 is 17.9 Å².